The fourth-order valence-corrected chi connectivity index (χ4v) is 3.32. The molecule has 0 saturated heterocycles. The van der Waals surface area contributed by atoms with E-state index in [1.165, 1.54) is 24.4 Å². The Morgan fingerprint density at radius 2 is 1.96 bits per heavy atom. The summed E-state index contributed by atoms with van der Waals surface area (Å²) in [5.41, 5.74) is 2.55. The number of hydrogen-bond acceptors (Lipinski definition) is 6. The van der Waals surface area contributed by atoms with E-state index in [2.05, 4.69) is 31.0 Å². The van der Waals surface area contributed by atoms with E-state index in [0.717, 1.165) is 20.6 Å². The van der Waals surface area contributed by atoms with Gasteiger partial charge in [0.25, 0.3) is 5.89 Å². The van der Waals surface area contributed by atoms with Crippen LogP contribution < -0.4 is 10.0 Å². The van der Waals surface area contributed by atoms with Crippen LogP contribution in [0.1, 0.15) is 16.2 Å². The molecule has 0 fully saturated rings. The van der Waals surface area contributed by atoms with Crippen LogP contribution in [-0.2, 0) is 6.42 Å². The molecule has 3 aromatic rings. The first-order valence-electron chi connectivity index (χ1n) is 7.79. The Hall–Kier alpha value is -2.29. The summed E-state index contributed by atoms with van der Waals surface area (Å²) in [5, 5.41) is 12.0. The van der Waals surface area contributed by atoms with E-state index in [0.29, 0.717) is 12.1 Å². The molecule has 0 unspecified atom stereocenters. The number of nitrogens with zero attached hydrogens (tertiary/aromatic N) is 1. The van der Waals surface area contributed by atoms with E-state index in [1.54, 1.807) is 6.07 Å². The molecule has 0 radical (unpaired) electrons. The molecule has 0 aliphatic heterocycles. The number of carbonyl (C=O) groups is 1. The molecule has 0 aliphatic rings. The first kappa shape index (κ1) is 18.5. The minimum absolute atomic E-state index is 0.00613. The van der Waals surface area contributed by atoms with Gasteiger partial charge in [0.05, 0.1) is 6.20 Å². The van der Waals surface area contributed by atoms with Crippen LogP contribution in [0.4, 0.5) is 11.4 Å². The Morgan fingerprint density at radius 1 is 1.19 bits per heavy atom. The summed E-state index contributed by atoms with van der Waals surface area (Å²) < 4.78 is 9.27. The predicted octanol–water partition coefficient (Wildman–Crippen LogP) is 4.34. The van der Waals surface area contributed by atoms with Crippen LogP contribution in [0.5, 0.6) is 0 Å². The molecule has 0 bridgehead atoms. The standard InChI is InChI=1S/C18H16BrN3O3S/c19-13-2-5-14(6-3-13)22-26-16-11-15(4-1-12(16)7-9-23)21-17(24)18-20-8-10-25-18/h1-6,8,10-11,22-23H,7,9H2,(H,21,24). The second-order valence-corrected chi connectivity index (χ2v) is 7.06. The summed E-state index contributed by atoms with van der Waals surface area (Å²) in [6, 6.07) is 13.3. The van der Waals surface area contributed by atoms with Gasteiger partial charge in [-0.2, -0.15) is 0 Å². The van der Waals surface area contributed by atoms with Gasteiger partial charge >= 0.3 is 5.91 Å². The van der Waals surface area contributed by atoms with Crippen molar-refractivity contribution in [1.29, 1.82) is 0 Å². The van der Waals surface area contributed by atoms with Gasteiger partial charge in [-0.05, 0) is 60.3 Å². The topological polar surface area (TPSA) is 87.4 Å². The maximum absolute atomic E-state index is 12.1. The number of aromatic nitrogens is 1. The van der Waals surface area contributed by atoms with E-state index in [-0.39, 0.29) is 12.5 Å². The van der Waals surface area contributed by atoms with Crippen molar-refractivity contribution in [2.75, 3.05) is 16.6 Å². The summed E-state index contributed by atoms with van der Waals surface area (Å²) in [6.07, 6.45) is 3.30. The normalized spacial score (nSPS) is 10.5. The van der Waals surface area contributed by atoms with Gasteiger partial charge in [-0.25, -0.2) is 4.98 Å². The Morgan fingerprint density at radius 3 is 2.65 bits per heavy atom. The molecule has 1 amide bonds. The number of rotatable bonds is 7. The maximum Gasteiger partial charge on any atom is 0.311 e. The number of amides is 1. The van der Waals surface area contributed by atoms with Crippen LogP contribution in [-0.4, -0.2) is 22.6 Å². The fraction of sp³-hybridized carbons (Fsp3) is 0.111. The number of anilines is 2. The van der Waals surface area contributed by atoms with Crippen molar-refractivity contribution in [2.45, 2.75) is 11.3 Å². The SMILES string of the molecule is O=C(Nc1ccc(CCO)c(SNc2ccc(Br)cc2)c1)c1ncco1. The zero-order valence-corrected chi connectivity index (χ0v) is 16.0. The largest absolute Gasteiger partial charge is 0.441 e. The third-order valence-electron chi connectivity index (χ3n) is 3.46. The maximum atomic E-state index is 12.1. The first-order valence-corrected chi connectivity index (χ1v) is 9.39. The second kappa shape index (κ2) is 8.88. The number of hydrogen-bond donors (Lipinski definition) is 3. The molecular formula is C18H16BrN3O3S. The lowest BCUT2D eigenvalue weighted by atomic mass is 10.1. The van der Waals surface area contributed by atoms with Crippen LogP contribution in [0.2, 0.25) is 0 Å². The summed E-state index contributed by atoms with van der Waals surface area (Å²) in [5.74, 6) is -0.409. The van der Waals surface area contributed by atoms with Crippen LogP contribution in [0.15, 0.2) is 68.7 Å². The van der Waals surface area contributed by atoms with Crippen molar-refractivity contribution < 1.29 is 14.3 Å². The zero-order chi connectivity index (χ0) is 18.4. The number of halogens is 1. The third-order valence-corrected chi connectivity index (χ3v) is 4.92. The van der Waals surface area contributed by atoms with Crippen molar-refractivity contribution in [2.24, 2.45) is 0 Å². The highest BCUT2D eigenvalue weighted by Gasteiger charge is 2.12. The van der Waals surface area contributed by atoms with Crippen LogP contribution in [0, 0.1) is 0 Å². The molecule has 0 saturated carbocycles. The Balaban J connectivity index is 1.75. The molecule has 6 nitrogen and oxygen atoms in total. The van der Waals surface area contributed by atoms with Gasteiger partial charge in [-0.1, -0.05) is 22.0 Å². The minimum Gasteiger partial charge on any atom is -0.441 e. The number of oxazole rings is 1. The van der Waals surface area contributed by atoms with E-state index in [9.17, 15) is 9.90 Å². The van der Waals surface area contributed by atoms with Crippen LogP contribution >= 0.6 is 27.9 Å². The molecule has 2 aromatic carbocycles. The van der Waals surface area contributed by atoms with E-state index in [4.69, 9.17) is 4.42 Å². The van der Waals surface area contributed by atoms with E-state index in [1.807, 2.05) is 36.4 Å². The average molecular weight is 434 g/mol. The van der Waals surface area contributed by atoms with E-state index >= 15 is 0 Å². The predicted molar refractivity (Wildman–Crippen MR) is 105 cm³/mol. The Kier molecular flexibility index (Phi) is 6.32. The Labute approximate surface area is 163 Å². The minimum atomic E-state index is -0.415. The number of aliphatic hydroxyl groups is 1. The Bertz CT molecular complexity index is 870. The molecule has 134 valence electrons. The molecular weight excluding hydrogens is 418 g/mol. The zero-order valence-electron chi connectivity index (χ0n) is 13.6. The fourth-order valence-electron chi connectivity index (χ4n) is 2.21. The third kappa shape index (κ3) is 4.87. The van der Waals surface area contributed by atoms with Gasteiger partial charge in [0.1, 0.15) is 6.26 Å². The lowest BCUT2D eigenvalue weighted by Crippen LogP contribution is -2.12. The summed E-state index contributed by atoms with van der Waals surface area (Å²) in [7, 11) is 0. The first-order chi connectivity index (χ1) is 12.7. The number of nitrogens with one attached hydrogen (secondary N) is 2. The molecule has 1 aromatic heterocycles. The highest BCUT2D eigenvalue weighted by Crippen LogP contribution is 2.28. The molecule has 3 rings (SSSR count). The highest BCUT2D eigenvalue weighted by molar-refractivity contribution is 9.10. The lowest BCUT2D eigenvalue weighted by Gasteiger charge is -2.12. The van der Waals surface area contributed by atoms with Gasteiger partial charge < -0.3 is 19.6 Å². The van der Waals surface area contributed by atoms with Gasteiger partial charge in [-0.3, -0.25) is 4.79 Å². The highest BCUT2D eigenvalue weighted by atomic mass is 79.9. The number of aliphatic hydroxyl groups excluding tert-OH is 1. The smallest absolute Gasteiger partial charge is 0.311 e. The van der Waals surface area contributed by atoms with Crippen molar-refractivity contribution in [3.8, 4) is 0 Å². The second-order valence-electron chi connectivity index (χ2n) is 5.30. The summed E-state index contributed by atoms with van der Waals surface area (Å²) in [6.45, 7) is 0.0495. The van der Waals surface area contributed by atoms with Crippen molar-refractivity contribution in [3.05, 3.63) is 70.9 Å². The molecule has 1 heterocycles. The van der Waals surface area contributed by atoms with Gasteiger partial charge in [0.2, 0.25) is 0 Å². The lowest BCUT2D eigenvalue weighted by molar-refractivity contribution is 0.0990. The van der Waals surface area contributed by atoms with Gasteiger partial charge in [0, 0.05) is 27.3 Å². The molecule has 26 heavy (non-hydrogen) atoms. The summed E-state index contributed by atoms with van der Waals surface area (Å²) >= 11 is 4.82. The monoisotopic (exact) mass is 433 g/mol. The number of carbonyl (C=O) groups excluding carboxylic acids is 1. The van der Waals surface area contributed by atoms with Gasteiger partial charge in [0.15, 0.2) is 0 Å². The molecule has 8 heteroatoms. The number of benzene rings is 2. The van der Waals surface area contributed by atoms with Crippen molar-refractivity contribution in [3.63, 3.8) is 0 Å². The molecule has 0 spiro atoms. The van der Waals surface area contributed by atoms with Crippen LogP contribution in [0.25, 0.3) is 0 Å². The quantitative estimate of drug-likeness (QED) is 0.480. The van der Waals surface area contributed by atoms with Crippen molar-refractivity contribution in [1.82, 2.24) is 4.98 Å². The molecule has 0 atom stereocenters. The molecule has 0 aliphatic carbocycles. The van der Waals surface area contributed by atoms with E-state index < -0.39 is 5.91 Å². The summed E-state index contributed by atoms with van der Waals surface area (Å²) in [4.78, 5) is 16.8. The van der Waals surface area contributed by atoms with Gasteiger partial charge in [-0.15, -0.1) is 0 Å². The van der Waals surface area contributed by atoms with Crippen LogP contribution in [0.3, 0.4) is 0 Å². The molecule has 3 N–H and O–H groups in total. The average Bonchev–Trinajstić information content (AvgIpc) is 3.18. The van der Waals surface area contributed by atoms with Crippen molar-refractivity contribution >= 4 is 45.2 Å².